The maximum Gasteiger partial charge on any atom is 0.119 e. The highest BCUT2D eigenvalue weighted by molar-refractivity contribution is 5.22. The van der Waals surface area contributed by atoms with Gasteiger partial charge in [-0.15, -0.1) is 0 Å². The largest absolute Gasteiger partial charge is 0.491 e. The zero-order valence-corrected chi connectivity index (χ0v) is 8.84. The van der Waals surface area contributed by atoms with Gasteiger partial charge < -0.3 is 9.84 Å². The van der Waals surface area contributed by atoms with Crippen LogP contribution in [0.25, 0.3) is 0 Å². The van der Waals surface area contributed by atoms with E-state index < -0.39 is 6.10 Å². The van der Waals surface area contributed by atoms with E-state index in [-0.39, 0.29) is 6.61 Å². The van der Waals surface area contributed by atoms with Crippen LogP contribution in [0.5, 0.6) is 5.75 Å². The molecule has 16 heavy (non-hydrogen) atoms. The third-order valence-electron chi connectivity index (χ3n) is 2.28. The van der Waals surface area contributed by atoms with Crippen LogP contribution < -0.4 is 4.74 Å². The summed E-state index contributed by atoms with van der Waals surface area (Å²) >= 11 is 0. The van der Waals surface area contributed by atoms with Gasteiger partial charge in [0, 0.05) is 0 Å². The molecule has 0 heterocycles. The highest BCUT2D eigenvalue weighted by Gasteiger charge is 2.07. The van der Waals surface area contributed by atoms with E-state index in [1.807, 2.05) is 42.5 Å². The van der Waals surface area contributed by atoms with Crippen molar-refractivity contribution in [1.82, 2.24) is 0 Å². The molecule has 1 radical (unpaired) electrons. The molecule has 0 aliphatic carbocycles. The van der Waals surface area contributed by atoms with Crippen LogP contribution in [0.3, 0.4) is 0 Å². The molecule has 2 nitrogen and oxygen atoms in total. The minimum absolute atomic E-state index is 0.258. The number of para-hydroxylation sites is 1. The molecule has 2 rings (SSSR count). The molecule has 2 aromatic carbocycles. The van der Waals surface area contributed by atoms with E-state index in [0.29, 0.717) is 0 Å². The number of rotatable bonds is 4. The molecule has 0 saturated carbocycles. The zero-order valence-electron chi connectivity index (χ0n) is 8.84. The van der Waals surface area contributed by atoms with E-state index in [9.17, 15) is 5.11 Å². The second-order valence-electron chi connectivity index (χ2n) is 3.47. The lowest BCUT2D eigenvalue weighted by Crippen LogP contribution is -2.09. The molecule has 0 amide bonds. The minimum atomic E-state index is -0.602. The van der Waals surface area contributed by atoms with Crippen molar-refractivity contribution in [2.75, 3.05) is 6.61 Å². The third kappa shape index (κ3) is 2.84. The van der Waals surface area contributed by atoms with Crippen LogP contribution in [-0.2, 0) is 0 Å². The topological polar surface area (TPSA) is 29.5 Å². The first-order valence-corrected chi connectivity index (χ1v) is 5.18. The average Bonchev–Trinajstić information content (AvgIpc) is 2.38. The van der Waals surface area contributed by atoms with Crippen molar-refractivity contribution in [3.05, 3.63) is 66.2 Å². The van der Waals surface area contributed by atoms with E-state index >= 15 is 0 Å². The summed E-state index contributed by atoms with van der Waals surface area (Å²) in [6.45, 7) is 0.258. The predicted molar refractivity (Wildman–Crippen MR) is 62.2 cm³/mol. The zero-order chi connectivity index (χ0) is 11.2. The maximum atomic E-state index is 9.84. The predicted octanol–water partition coefficient (Wildman–Crippen LogP) is 2.60. The van der Waals surface area contributed by atoms with Gasteiger partial charge in [-0.2, -0.15) is 0 Å². The van der Waals surface area contributed by atoms with Crippen molar-refractivity contribution in [2.45, 2.75) is 6.10 Å². The Hall–Kier alpha value is -1.80. The summed E-state index contributed by atoms with van der Waals surface area (Å²) in [4.78, 5) is 0. The molecule has 2 aromatic rings. The molecule has 1 N–H and O–H groups in total. The van der Waals surface area contributed by atoms with Gasteiger partial charge in [-0.3, -0.25) is 0 Å². The van der Waals surface area contributed by atoms with Crippen molar-refractivity contribution in [3.63, 3.8) is 0 Å². The summed E-state index contributed by atoms with van der Waals surface area (Å²) < 4.78 is 5.46. The Balaban J connectivity index is 1.92. The first-order valence-electron chi connectivity index (χ1n) is 5.18. The molecule has 0 bridgehead atoms. The summed E-state index contributed by atoms with van der Waals surface area (Å²) in [5, 5.41) is 9.84. The van der Waals surface area contributed by atoms with Gasteiger partial charge in [0.1, 0.15) is 18.5 Å². The summed E-state index contributed by atoms with van der Waals surface area (Å²) in [6.07, 6.45) is -0.602. The van der Waals surface area contributed by atoms with Crippen LogP contribution in [0.4, 0.5) is 0 Å². The maximum absolute atomic E-state index is 9.84. The van der Waals surface area contributed by atoms with Gasteiger partial charge >= 0.3 is 0 Å². The fourth-order valence-electron chi connectivity index (χ4n) is 1.41. The van der Waals surface area contributed by atoms with Gasteiger partial charge in [0.2, 0.25) is 0 Å². The average molecular weight is 213 g/mol. The monoisotopic (exact) mass is 213 g/mol. The summed E-state index contributed by atoms with van der Waals surface area (Å²) in [5.74, 6) is 0.768. The van der Waals surface area contributed by atoms with Crippen LogP contribution >= 0.6 is 0 Å². The standard InChI is InChI=1S/C14H13O2/c15-14(12-7-3-1-4-8-12)11-16-13-9-5-2-6-10-13/h2-10,14-15H,11H2. The Labute approximate surface area is 95.1 Å². The molecule has 2 heteroatoms. The molecule has 0 aromatic heterocycles. The Morgan fingerprint density at radius 2 is 1.75 bits per heavy atom. The summed E-state index contributed by atoms with van der Waals surface area (Å²) in [7, 11) is 0. The lowest BCUT2D eigenvalue weighted by Gasteiger charge is -2.12. The van der Waals surface area contributed by atoms with Crippen molar-refractivity contribution < 1.29 is 9.84 Å². The summed E-state index contributed by atoms with van der Waals surface area (Å²) in [5.41, 5.74) is 0.842. The first kappa shape index (κ1) is 10.7. The van der Waals surface area contributed by atoms with Crippen LogP contribution in [0.1, 0.15) is 11.7 Å². The highest BCUT2D eigenvalue weighted by Crippen LogP contribution is 2.15. The van der Waals surface area contributed by atoms with E-state index in [1.165, 1.54) is 0 Å². The van der Waals surface area contributed by atoms with E-state index in [0.717, 1.165) is 11.3 Å². The van der Waals surface area contributed by atoms with Crippen molar-refractivity contribution >= 4 is 0 Å². The summed E-state index contributed by atoms with van der Waals surface area (Å²) in [6, 6.07) is 19.6. The number of benzene rings is 2. The highest BCUT2D eigenvalue weighted by atomic mass is 16.5. The second kappa shape index (κ2) is 5.33. The lowest BCUT2D eigenvalue weighted by molar-refractivity contribution is 0.108. The van der Waals surface area contributed by atoms with E-state index in [2.05, 4.69) is 6.07 Å². The Bertz CT molecular complexity index is 411. The molecule has 1 unspecified atom stereocenters. The van der Waals surface area contributed by atoms with E-state index in [4.69, 9.17) is 4.74 Å². The molecular weight excluding hydrogens is 200 g/mol. The van der Waals surface area contributed by atoms with Crippen molar-refractivity contribution in [3.8, 4) is 5.75 Å². The number of hydrogen-bond acceptors (Lipinski definition) is 2. The molecular formula is C14H13O2. The number of ether oxygens (including phenoxy) is 1. The fraction of sp³-hybridized carbons (Fsp3) is 0.143. The number of hydrogen-bond donors (Lipinski definition) is 1. The molecule has 0 spiro atoms. The van der Waals surface area contributed by atoms with Crippen molar-refractivity contribution in [1.29, 1.82) is 0 Å². The van der Waals surface area contributed by atoms with Crippen LogP contribution in [0.15, 0.2) is 54.6 Å². The molecule has 0 aliphatic rings. The second-order valence-corrected chi connectivity index (χ2v) is 3.47. The van der Waals surface area contributed by atoms with Crippen LogP contribution in [-0.4, -0.2) is 11.7 Å². The first-order chi connectivity index (χ1) is 7.86. The Kier molecular flexibility index (Phi) is 3.57. The lowest BCUT2D eigenvalue weighted by atomic mass is 10.1. The smallest absolute Gasteiger partial charge is 0.119 e. The van der Waals surface area contributed by atoms with Gasteiger partial charge in [-0.25, -0.2) is 0 Å². The molecule has 1 atom stereocenters. The van der Waals surface area contributed by atoms with Gasteiger partial charge in [0.25, 0.3) is 0 Å². The molecule has 0 fully saturated rings. The third-order valence-corrected chi connectivity index (χ3v) is 2.28. The van der Waals surface area contributed by atoms with Gasteiger partial charge in [-0.1, -0.05) is 42.5 Å². The molecule has 0 aliphatic heterocycles. The van der Waals surface area contributed by atoms with Gasteiger partial charge in [0.15, 0.2) is 0 Å². The van der Waals surface area contributed by atoms with Gasteiger partial charge in [0.05, 0.1) is 0 Å². The number of aliphatic hydroxyl groups excluding tert-OH is 1. The minimum Gasteiger partial charge on any atom is -0.491 e. The Morgan fingerprint density at radius 1 is 1.06 bits per heavy atom. The quantitative estimate of drug-likeness (QED) is 0.845. The Morgan fingerprint density at radius 3 is 2.44 bits per heavy atom. The normalized spacial score (nSPS) is 12.1. The van der Waals surface area contributed by atoms with Crippen LogP contribution in [0.2, 0.25) is 0 Å². The number of aliphatic hydroxyl groups is 1. The SMILES string of the molecule is OC(COc1ccccc1)c1cc[c]cc1. The van der Waals surface area contributed by atoms with E-state index in [1.54, 1.807) is 12.1 Å². The fourth-order valence-corrected chi connectivity index (χ4v) is 1.41. The van der Waals surface area contributed by atoms with Crippen molar-refractivity contribution in [2.24, 2.45) is 0 Å². The molecule has 81 valence electrons. The molecule has 0 saturated heterocycles. The van der Waals surface area contributed by atoms with Crippen LogP contribution in [0, 0.1) is 6.07 Å². The van der Waals surface area contributed by atoms with Gasteiger partial charge in [-0.05, 0) is 23.8 Å².